The Kier molecular flexibility index (Phi) is 8.88. The van der Waals surface area contributed by atoms with Gasteiger partial charge in [0.05, 0.1) is 11.5 Å². The van der Waals surface area contributed by atoms with E-state index in [1.165, 1.54) is 16.0 Å². The summed E-state index contributed by atoms with van der Waals surface area (Å²) in [7, 11) is 0. The van der Waals surface area contributed by atoms with Crippen LogP contribution in [-0.4, -0.2) is 29.2 Å². The standard InChI is InChI=1S/C29H28BrNO4S/c1-3-34-25-16-23(24(30)18-26(25)35-19-22-13-11-20(2)12-14-22)17-27-28(32)31(29(33)36-27)15-7-10-21-8-5-4-6-9-21/h4-6,8-9,11-14,16-18H,3,7,10,15,19H2,1-2H3/b27-17+. The lowest BCUT2D eigenvalue weighted by atomic mass is 10.1. The van der Waals surface area contributed by atoms with Gasteiger partial charge in [-0.3, -0.25) is 14.5 Å². The number of nitrogens with zero attached hydrogens (tertiary/aromatic N) is 1. The first-order chi connectivity index (χ1) is 17.4. The van der Waals surface area contributed by atoms with Gasteiger partial charge in [0, 0.05) is 11.0 Å². The molecule has 5 nitrogen and oxygen atoms in total. The number of halogens is 1. The van der Waals surface area contributed by atoms with Crippen molar-refractivity contribution in [3.63, 3.8) is 0 Å². The molecule has 1 heterocycles. The van der Waals surface area contributed by atoms with Crippen LogP contribution in [-0.2, 0) is 17.8 Å². The summed E-state index contributed by atoms with van der Waals surface area (Å²) in [6.45, 7) is 5.24. The molecule has 0 unspecified atom stereocenters. The van der Waals surface area contributed by atoms with Crippen LogP contribution in [0, 0.1) is 6.92 Å². The molecule has 186 valence electrons. The van der Waals surface area contributed by atoms with Crippen LogP contribution in [0.2, 0.25) is 0 Å². The molecule has 2 amide bonds. The van der Waals surface area contributed by atoms with Gasteiger partial charge in [-0.2, -0.15) is 0 Å². The maximum atomic E-state index is 13.0. The number of benzene rings is 3. The summed E-state index contributed by atoms with van der Waals surface area (Å²) in [5.74, 6) is 0.930. The number of carbonyl (C=O) groups excluding carboxylic acids is 2. The highest BCUT2D eigenvalue weighted by molar-refractivity contribution is 9.10. The number of aryl methyl sites for hydroxylation is 2. The normalized spacial score (nSPS) is 14.5. The molecule has 0 radical (unpaired) electrons. The zero-order valence-electron chi connectivity index (χ0n) is 20.3. The van der Waals surface area contributed by atoms with Crippen LogP contribution in [0.3, 0.4) is 0 Å². The SMILES string of the molecule is CCOc1cc(/C=C2/SC(=O)N(CCCc3ccccc3)C2=O)c(Br)cc1OCc1ccc(C)cc1. The molecule has 1 aliphatic rings. The third-order valence-electron chi connectivity index (χ3n) is 5.73. The number of rotatable bonds is 10. The average Bonchev–Trinajstić information content (AvgIpc) is 3.14. The van der Waals surface area contributed by atoms with Crippen LogP contribution in [0.1, 0.15) is 35.6 Å². The topological polar surface area (TPSA) is 55.8 Å². The number of amides is 2. The Balaban J connectivity index is 1.46. The summed E-state index contributed by atoms with van der Waals surface area (Å²) in [6.07, 6.45) is 3.27. The van der Waals surface area contributed by atoms with Crippen molar-refractivity contribution in [3.05, 3.63) is 98.4 Å². The lowest BCUT2D eigenvalue weighted by molar-refractivity contribution is -0.122. The molecule has 0 aromatic heterocycles. The van der Waals surface area contributed by atoms with Crippen molar-refractivity contribution in [3.8, 4) is 11.5 Å². The van der Waals surface area contributed by atoms with E-state index in [0.29, 0.717) is 36.2 Å². The second kappa shape index (κ2) is 12.3. The predicted molar refractivity (Wildman–Crippen MR) is 148 cm³/mol. The largest absolute Gasteiger partial charge is 0.490 e. The predicted octanol–water partition coefficient (Wildman–Crippen LogP) is 7.40. The van der Waals surface area contributed by atoms with Crippen molar-refractivity contribution in [2.24, 2.45) is 0 Å². The first-order valence-electron chi connectivity index (χ1n) is 11.9. The minimum absolute atomic E-state index is 0.237. The van der Waals surface area contributed by atoms with E-state index >= 15 is 0 Å². The van der Waals surface area contributed by atoms with Crippen LogP contribution < -0.4 is 9.47 Å². The van der Waals surface area contributed by atoms with Gasteiger partial charge in [-0.25, -0.2) is 0 Å². The average molecular weight is 567 g/mol. The molecule has 1 saturated heterocycles. The monoisotopic (exact) mass is 565 g/mol. The number of hydrogen-bond acceptors (Lipinski definition) is 5. The molecule has 0 bridgehead atoms. The molecule has 0 atom stereocenters. The van der Waals surface area contributed by atoms with Crippen LogP contribution in [0.25, 0.3) is 6.08 Å². The van der Waals surface area contributed by atoms with E-state index in [2.05, 4.69) is 40.2 Å². The quantitative estimate of drug-likeness (QED) is 0.239. The Bertz CT molecular complexity index is 1260. The van der Waals surface area contributed by atoms with E-state index in [1.807, 2.05) is 56.3 Å². The van der Waals surface area contributed by atoms with Crippen LogP contribution >= 0.6 is 27.7 Å². The van der Waals surface area contributed by atoms with Crippen molar-refractivity contribution in [1.82, 2.24) is 4.90 Å². The Morgan fingerprint density at radius 1 is 0.944 bits per heavy atom. The van der Waals surface area contributed by atoms with E-state index in [4.69, 9.17) is 9.47 Å². The maximum absolute atomic E-state index is 13.0. The van der Waals surface area contributed by atoms with Crippen LogP contribution in [0.15, 0.2) is 76.1 Å². The summed E-state index contributed by atoms with van der Waals surface area (Å²) in [6, 6.07) is 21.9. The van der Waals surface area contributed by atoms with Gasteiger partial charge in [-0.15, -0.1) is 0 Å². The maximum Gasteiger partial charge on any atom is 0.293 e. The first-order valence-corrected chi connectivity index (χ1v) is 13.5. The van der Waals surface area contributed by atoms with Gasteiger partial charge in [0.25, 0.3) is 11.1 Å². The molecule has 4 rings (SSSR count). The zero-order valence-corrected chi connectivity index (χ0v) is 22.7. The van der Waals surface area contributed by atoms with Crippen LogP contribution in [0.4, 0.5) is 4.79 Å². The molecule has 3 aromatic rings. The molecular formula is C29H28BrNO4S. The van der Waals surface area contributed by atoms with Gasteiger partial charge in [0.15, 0.2) is 11.5 Å². The van der Waals surface area contributed by atoms with Crippen molar-refractivity contribution in [2.45, 2.75) is 33.3 Å². The van der Waals surface area contributed by atoms with Gasteiger partial charge < -0.3 is 9.47 Å². The number of carbonyl (C=O) groups is 2. The molecule has 3 aromatic carbocycles. The fourth-order valence-electron chi connectivity index (χ4n) is 3.81. The lowest BCUT2D eigenvalue weighted by Gasteiger charge is -2.14. The van der Waals surface area contributed by atoms with E-state index in [-0.39, 0.29) is 11.1 Å². The Hall–Kier alpha value is -3.03. The van der Waals surface area contributed by atoms with Crippen molar-refractivity contribution < 1.29 is 19.1 Å². The first kappa shape index (κ1) is 26.0. The summed E-state index contributed by atoms with van der Waals surface area (Å²) >= 11 is 4.56. The minimum Gasteiger partial charge on any atom is -0.490 e. The molecule has 7 heteroatoms. The van der Waals surface area contributed by atoms with E-state index in [0.717, 1.165) is 40.2 Å². The van der Waals surface area contributed by atoms with Gasteiger partial charge >= 0.3 is 0 Å². The van der Waals surface area contributed by atoms with Crippen LogP contribution in [0.5, 0.6) is 11.5 Å². The molecule has 0 spiro atoms. The summed E-state index contributed by atoms with van der Waals surface area (Å²) < 4.78 is 12.6. The summed E-state index contributed by atoms with van der Waals surface area (Å²) in [5, 5.41) is -0.237. The van der Waals surface area contributed by atoms with E-state index in [1.54, 1.807) is 6.08 Å². The van der Waals surface area contributed by atoms with Gasteiger partial charge in [0.2, 0.25) is 0 Å². The Morgan fingerprint density at radius 2 is 1.67 bits per heavy atom. The molecule has 36 heavy (non-hydrogen) atoms. The zero-order chi connectivity index (χ0) is 25.5. The number of hydrogen-bond donors (Lipinski definition) is 0. The van der Waals surface area contributed by atoms with E-state index < -0.39 is 0 Å². The number of imide groups is 1. The van der Waals surface area contributed by atoms with E-state index in [9.17, 15) is 9.59 Å². The minimum atomic E-state index is -0.261. The van der Waals surface area contributed by atoms with Gasteiger partial charge in [-0.05, 0) is 73.4 Å². The Labute approximate surface area is 224 Å². The van der Waals surface area contributed by atoms with Crippen molar-refractivity contribution in [1.29, 1.82) is 0 Å². The molecule has 1 fully saturated rings. The third-order valence-corrected chi connectivity index (χ3v) is 7.32. The fraction of sp³-hybridized carbons (Fsp3) is 0.241. The molecule has 0 saturated carbocycles. The summed E-state index contributed by atoms with van der Waals surface area (Å²) in [4.78, 5) is 27.3. The summed E-state index contributed by atoms with van der Waals surface area (Å²) in [5.41, 5.74) is 4.19. The van der Waals surface area contributed by atoms with Crippen molar-refractivity contribution >= 4 is 44.9 Å². The molecule has 1 aliphatic heterocycles. The smallest absolute Gasteiger partial charge is 0.293 e. The number of ether oxygens (including phenoxy) is 2. The second-order valence-electron chi connectivity index (χ2n) is 8.45. The van der Waals surface area contributed by atoms with Crippen molar-refractivity contribution in [2.75, 3.05) is 13.2 Å². The number of thioether (sulfide) groups is 1. The highest BCUT2D eigenvalue weighted by atomic mass is 79.9. The lowest BCUT2D eigenvalue weighted by Crippen LogP contribution is -2.29. The third kappa shape index (κ3) is 6.59. The highest BCUT2D eigenvalue weighted by Gasteiger charge is 2.34. The Morgan fingerprint density at radius 3 is 2.39 bits per heavy atom. The van der Waals surface area contributed by atoms with Gasteiger partial charge in [-0.1, -0.05) is 76.1 Å². The molecule has 0 N–H and O–H groups in total. The highest BCUT2D eigenvalue weighted by Crippen LogP contribution is 2.38. The molecular weight excluding hydrogens is 538 g/mol. The molecule has 0 aliphatic carbocycles. The second-order valence-corrected chi connectivity index (χ2v) is 10.3. The van der Waals surface area contributed by atoms with Gasteiger partial charge in [0.1, 0.15) is 6.61 Å². The fourth-order valence-corrected chi connectivity index (χ4v) is 5.10.